The molecule has 0 rings (SSSR count). The Morgan fingerprint density at radius 3 is 0.857 bits per heavy atom. The monoisotopic (exact) mass is 300 g/mol. The first-order chi connectivity index (χ1) is 10.0. The largest absolute Gasteiger partial charge is 0.0683 e. The first kappa shape index (κ1) is 25.9. The molecule has 0 aliphatic carbocycles. The molecule has 132 valence electrons. The maximum absolute atomic E-state index is 2.54. The van der Waals surface area contributed by atoms with E-state index >= 15 is 0 Å². The van der Waals surface area contributed by atoms with Crippen LogP contribution in [0.15, 0.2) is 0 Å². The quantitative estimate of drug-likeness (QED) is 0.379. The molecule has 0 atom stereocenters. The lowest BCUT2D eigenvalue weighted by molar-refractivity contribution is 0.0832. The zero-order valence-electron chi connectivity index (χ0n) is 17.3. The summed E-state index contributed by atoms with van der Waals surface area (Å²) in [5.41, 5.74) is 0.540. The average Bonchev–Trinajstić information content (AvgIpc) is 2.51. The molecule has 0 heterocycles. The van der Waals surface area contributed by atoms with Crippen molar-refractivity contribution in [2.75, 3.05) is 0 Å². The summed E-state index contributed by atoms with van der Waals surface area (Å²) in [7, 11) is 0. The summed E-state index contributed by atoms with van der Waals surface area (Å²) in [6, 6.07) is 0. The van der Waals surface area contributed by atoms with Gasteiger partial charge in [-0.25, -0.2) is 0 Å². The topological polar surface area (TPSA) is 0 Å². The molecule has 0 radical (unpaired) electrons. The summed E-state index contributed by atoms with van der Waals surface area (Å²) in [5.74, 6) is 1.86. The highest BCUT2D eigenvalue weighted by Gasteiger charge is 2.34. The fourth-order valence-corrected chi connectivity index (χ4v) is 3.50. The van der Waals surface area contributed by atoms with E-state index in [4.69, 9.17) is 0 Å². The molecular formula is C21H48. The maximum Gasteiger partial charge on any atom is -0.0298 e. The van der Waals surface area contributed by atoms with Crippen molar-refractivity contribution in [3.8, 4) is 0 Å². The average molecular weight is 301 g/mol. The normalized spacial score (nSPS) is 10.9. The van der Waals surface area contributed by atoms with E-state index in [1.807, 2.05) is 27.7 Å². The van der Waals surface area contributed by atoms with E-state index in [0.717, 1.165) is 11.8 Å². The summed E-state index contributed by atoms with van der Waals surface area (Å²) in [4.78, 5) is 0. The van der Waals surface area contributed by atoms with E-state index in [2.05, 4.69) is 41.5 Å². The third-order valence-electron chi connectivity index (χ3n) is 4.65. The Hall–Kier alpha value is 0. The van der Waals surface area contributed by atoms with Crippen molar-refractivity contribution in [1.29, 1.82) is 0 Å². The summed E-state index contributed by atoms with van der Waals surface area (Å²) in [6.07, 6.45) is 11.1. The van der Waals surface area contributed by atoms with Crippen LogP contribution in [0.1, 0.15) is 121 Å². The van der Waals surface area contributed by atoms with Crippen LogP contribution in [-0.4, -0.2) is 0 Å². The molecule has 0 aromatic heterocycles. The first-order valence-electron chi connectivity index (χ1n) is 10.0. The van der Waals surface area contributed by atoms with Crippen LogP contribution in [0.4, 0.5) is 0 Å². The molecule has 21 heavy (non-hydrogen) atoms. The summed E-state index contributed by atoms with van der Waals surface area (Å²) < 4.78 is 0. The Bertz CT molecular complexity index is 139. The van der Waals surface area contributed by atoms with Crippen LogP contribution >= 0.6 is 0 Å². The highest BCUT2D eigenvalue weighted by molar-refractivity contribution is 4.84. The van der Waals surface area contributed by atoms with Crippen molar-refractivity contribution >= 4 is 0 Å². The highest BCUT2D eigenvalue weighted by atomic mass is 14.4. The lowest BCUT2D eigenvalue weighted by atomic mass is 9.64. The third-order valence-corrected chi connectivity index (χ3v) is 4.65. The molecule has 0 aliphatic heterocycles. The van der Waals surface area contributed by atoms with Crippen LogP contribution in [0.5, 0.6) is 0 Å². The van der Waals surface area contributed by atoms with Crippen LogP contribution in [-0.2, 0) is 0 Å². The van der Waals surface area contributed by atoms with Crippen LogP contribution in [0.3, 0.4) is 0 Å². The van der Waals surface area contributed by atoms with E-state index in [1.54, 1.807) is 0 Å². The number of rotatable bonds is 10. The van der Waals surface area contributed by atoms with Gasteiger partial charge in [0.2, 0.25) is 0 Å². The molecule has 0 saturated carbocycles. The second-order valence-electron chi connectivity index (χ2n) is 6.37. The van der Waals surface area contributed by atoms with Gasteiger partial charge >= 0.3 is 0 Å². The van der Waals surface area contributed by atoms with Gasteiger partial charge in [0.15, 0.2) is 0 Å². The van der Waals surface area contributed by atoms with Crippen molar-refractivity contribution in [2.45, 2.75) is 121 Å². The Morgan fingerprint density at radius 2 is 0.714 bits per heavy atom. The predicted molar refractivity (Wildman–Crippen MR) is 103 cm³/mol. The predicted octanol–water partition coefficient (Wildman–Crippen LogP) is 8.50. The molecular weight excluding hydrogens is 252 g/mol. The van der Waals surface area contributed by atoms with Gasteiger partial charge in [-0.2, -0.15) is 0 Å². The fraction of sp³-hybridized carbons (Fsp3) is 1.00. The van der Waals surface area contributed by atoms with E-state index < -0.39 is 0 Å². The van der Waals surface area contributed by atoms with E-state index in [0.29, 0.717) is 5.41 Å². The molecule has 0 N–H and O–H groups in total. The molecule has 0 amide bonds. The van der Waals surface area contributed by atoms with Crippen molar-refractivity contribution in [2.24, 2.45) is 17.3 Å². The summed E-state index contributed by atoms with van der Waals surface area (Å²) >= 11 is 0. The SMILES string of the molecule is CC.CC.CCCC(CCC)C(C)(C)C(CCC)CCC. The van der Waals surface area contributed by atoms with Crippen LogP contribution in [0.2, 0.25) is 0 Å². The molecule has 0 aromatic carbocycles. The Balaban J connectivity index is -0.000000739. The number of hydrogen-bond donors (Lipinski definition) is 0. The van der Waals surface area contributed by atoms with Gasteiger partial charge in [-0.1, -0.05) is 121 Å². The molecule has 0 bridgehead atoms. The maximum atomic E-state index is 2.54. The van der Waals surface area contributed by atoms with Crippen molar-refractivity contribution in [3.05, 3.63) is 0 Å². The minimum atomic E-state index is 0.540. The zero-order chi connectivity index (χ0) is 17.3. The standard InChI is InChI=1S/C17H36.2C2H6/c1-7-11-15(12-8-2)17(5,6)16(13-9-3)14-10-4;2*1-2/h15-16H,7-14H2,1-6H3;2*1-2H3. The van der Waals surface area contributed by atoms with Gasteiger partial charge in [0.05, 0.1) is 0 Å². The number of hydrogen-bond acceptors (Lipinski definition) is 0. The minimum Gasteiger partial charge on any atom is -0.0683 e. The van der Waals surface area contributed by atoms with E-state index in [9.17, 15) is 0 Å². The second kappa shape index (κ2) is 18.1. The van der Waals surface area contributed by atoms with Crippen molar-refractivity contribution < 1.29 is 0 Å². The van der Waals surface area contributed by atoms with E-state index in [1.165, 1.54) is 51.4 Å². The van der Waals surface area contributed by atoms with Gasteiger partial charge < -0.3 is 0 Å². The molecule has 0 aliphatic rings. The Morgan fingerprint density at radius 1 is 0.524 bits per heavy atom. The summed E-state index contributed by atoms with van der Waals surface area (Å²) in [6.45, 7) is 22.4. The van der Waals surface area contributed by atoms with Gasteiger partial charge in [0.1, 0.15) is 0 Å². The van der Waals surface area contributed by atoms with Crippen LogP contribution in [0, 0.1) is 17.3 Å². The van der Waals surface area contributed by atoms with Crippen molar-refractivity contribution in [1.82, 2.24) is 0 Å². The minimum absolute atomic E-state index is 0.540. The van der Waals surface area contributed by atoms with Crippen molar-refractivity contribution in [3.63, 3.8) is 0 Å². The lowest BCUT2D eigenvalue weighted by Crippen LogP contribution is -2.32. The molecule has 0 aromatic rings. The Labute approximate surface area is 138 Å². The third kappa shape index (κ3) is 11.2. The molecule has 0 unspecified atom stereocenters. The summed E-state index contributed by atoms with van der Waals surface area (Å²) in [5, 5.41) is 0. The smallest absolute Gasteiger partial charge is 0.0298 e. The molecule has 0 saturated heterocycles. The Kier molecular flexibility index (Phi) is 22.3. The van der Waals surface area contributed by atoms with Crippen LogP contribution < -0.4 is 0 Å². The molecule has 0 fully saturated rings. The van der Waals surface area contributed by atoms with Gasteiger partial charge in [-0.15, -0.1) is 0 Å². The van der Waals surface area contributed by atoms with Gasteiger partial charge in [0.25, 0.3) is 0 Å². The highest BCUT2D eigenvalue weighted by Crippen LogP contribution is 2.44. The van der Waals surface area contributed by atoms with Crippen LogP contribution in [0.25, 0.3) is 0 Å². The second-order valence-corrected chi connectivity index (χ2v) is 6.37. The van der Waals surface area contributed by atoms with E-state index in [-0.39, 0.29) is 0 Å². The van der Waals surface area contributed by atoms with Gasteiger partial charge in [0, 0.05) is 0 Å². The lowest BCUT2D eigenvalue weighted by Gasteiger charge is -2.42. The molecule has 0 heteroatoms. The van der Waals surface area contributed by atoms with Gasteiger partial charge in [-0.3, -0.25) is 0 Å². The van der Waals surface area contributed by atoms with Gasteiger partial charge in [-0.05, 0) is 17.3 Å². The molecule has 0 nitrogen and oxygen atoms in total. The molecule has 0 spiro atoms. The first-order valence-corrected chi connectivity index (χ1v) is 10.0. The fourth-order valence-electron chi connectivity index (χ4n) is 3.50. The zero-order valence-corrected chi connectivity index (χ0v) is 17.3.